The Morgan fingerprint density at radius 3 is 2.73 bits per heavy atom. The lowest BCUT2D eigenvalue weighted by Gasteiger charge is -2.10. The molecular formula is C14H12O. The average molecular weight is 196 g/mol. The summed E-state index contributed by atoms with van der Waals surface area (Å²) < 4.78 is 5.42. The molecule has 1 aliphatic rings. The highest BCUT2D eigenvalue weighted by atomic mass is 16.5. The van der Waals surface area contributed by atoms with E-state index in [9.17, 15) is 0 Å². The van der Waals surface area contributed by atoms with Crippen LogP contribution >= 0.6 is 0 Å². The van der Waals surface area contributed by atoms with Gasteiger partial charge in [0.2, 0.25) is 0 Å². The lowest BCUT2D eigenvalue weighted by Crippen LogP contribution is -1.90. The van der Waals surface area contributed by atoms with E-state index in [0.717, 1.165) is 12.2 Å². The second-order valence-electron chi connectivity index (χ2n) is 3.80. The van der Waals surface area contributed by atoms with Gasteiger partial charge in [0.05, 0.1) is 7.11 Å². The maximum absolute atomic E-state index is 5.42. The summed E-state index contributed by atoms with van der Waals surface area (Å²) in [4.78, 5) is 0. The molecule has 0 bridgehead atoms. The van der Waals surface area contributed by atoms with Crippen molar-refractivity contribution in [3.05, 3.63) is 47.5 Å². The first kappa shape index (κ1) is 8.54. The molecule has 15 heavy (non-hydrogen) atoms. The summed E-state index contributed by atoms with van der Waals surface area (Å²) in [6, 6.07) is 10.6. The van der Waals surface area contributed by atoms with Crippen molar-refractivity contribution in [2.45, 2.75) is 6.42 Å². The third kappa shape index (κ3) is 1.16. The molecule has 0 saturated heterocycles. The Bertz CT molecular complexity index is 553. The van der Waals surface area contributed by atoms with Crippen LogP contribution in [0.5, 0.6) is 5.75 Å². The molecule has 0 aromatic heterocycles. The molecule has 2 aromatic rings. The lowest BCUT2D eigenvalue weighted by molar-refractivity contribution is 0.419. The van der Waals surface area contributed by atoms with E-state index < -0.39 is 0 Å². The van der Waals surface area contributed by atoms with E-state index in [1.165, 1.54) is 21.9 Å². The molecule has 0 saturated carbocycles. The Balaban J connectivity index is 2.45. The normalized spacial score (nSPS) is 13.1. The Hall–Kier alpha value is -1.76. The fourth-order valence-corrected chi connectivity index (χ4v) is 2.26. The van der Waals surface area contributed by atoms with Gasteiger partial charge >= 0.3 is 0 Å². The van der Waals surface area contributed by atoms with Crippen molar-refractivity contribution in [2.75, 3.05) is 7.11 Å². The largest absolute Gasteiger partial charge is 0.496 e. The lowest BCUT2D eigenvalue weighted by atomic mass is 10.00. The molecule has 1 nitrogen and oxygen atoms in total. The van der Waals surface area contributed by atoms with E-state index in [4.69, 9.17) is 4.74 Å². The summed E-state index contributed by atoms with van der Waals surface area (Å²) >= 11 is 0. The van der Waals surface area contributed by atoms with Gasteiger partial charge in [0.1, 0.15) is 5.75 Å². The van der Waals surface area contributed by atoms with Gasteiger partial charge < -0.3 is 4.74 Å². The van der Waals surface area contributed by atoms with Gasteiger partial charge in [-0.3, -0.25) is 0 Å². The number of ether oxygens (including phenoxy) is 1. The third-order valence-electron chi connectivity index (χ3n) is 2.98. The predicted molar refractivity (Wildman–Crippen MR) is 63.2 cm³/mol. The van der Waals surface area contributed by atoms with E-state index in [2.05, 4.69) is 42.5 Å². The summed E-state index contributed by atoms with van der Waals surface area (Å²) in [5.41, 5.74) is 2.72. The summed E-state index contributed by atoms with van der Waals surface area (Å²) in [7, 11) is 1.73. The van der Waals surface area contributed by atoms with E-state index in [-0.39, 0.29) is 0 Å². The standard InChI is InChI=1S/C14H12O/c1-15-14-9-10-5-4-8-11(10)12-6-2-3-7-13(12)14/h2-4,6-9H,5H2,1H3. The number of benzene rings is 2. The van der Waals surface area contributed by atoms with Gasteiger partial charge in [0, 0.05) is 5.39 Å². The molecule has 3 rings (SSSR count). The molecule has 0 amide bonds. The summed E-state index contributed by atoms with van der Waals surface area (Å²) in [5.74, 6) is 0.980. The summed E-state index contributed by atoms with van der Waals surface area (Å²) in [5, 5.41) is 2.49. The highest BCUT2D eigenvalue weighted by molar-refractivity contribution is 5.97. The van der Waals surface area contributed by atoms with Crippen LogP contribution in [-0.4, -0.2) is 7.11 Å². The Labute approximate surface area is 89.0 Å². The minimum absolute atomic E-state index is 0.980. The molecular weight excluding hydrogens is 184 g/mol. The van der Waals surface area contributed by atoms with Crippen molar-refractivity contribution in [1.29, 1.82) is 0 Å². The van der Waals surface area contributed by atoms with Crippen molar-refractivity contribution in [1.82, 2.24) is 0 Å². The molecule has 0 N–H and O–H groups in total. The van der Waals surface area contributed by atoms with E-state index in [1.807, 2.05) is 0 Å². The molecule has 0 atom stereocenters. The van der Waals surface area contributed by atoms with Crippen molar-refractivity contribution in [3.8, 4) is 5.75 Å². The molecule has 0 unspecified atom stereocenters. The van der Waals surface area contributed by atoms with E-state index >= 15 is 0 Å². The number of rotatable bonds is 1. The molecule has 1 aliphatic carbocycles. The SMILES string of the molecule is COc1cc2c(c3ccccc13)C=CC2. The van der Waals surface area contributed by atoms with Crippen molar-refractivity contribution in [3.63, 3.8) is 0 Å². The van der Waals surface area contributed by atoms with Crippen molar-refractivity contribution >= 4 is 16.8 Å². The molecule has 0 fully saturated rings. The fourth-order valence-electron chi connectivity index (χ4n) is 2.26. The molecule has 0 heterocycles. The number of hydrogen-bond donors (Lipinski definition) is 0. The van der Waals surface area contributed by atoms with Gasteiger partial charge in [-0.2, -0.15) is 0 Å². The quantitative estimate of drug-likeness (QED) is 0.679. The second-order valence-corrected chi connectivity index (χ2v) is 3.80. The van der Waals surface area contributed by atoms with Crippen LogP contribution in [0.1, 0.15) is 11.1 Å². The highest BCUT2D eigenvalue weighted by Gasteiger charge is 2.12. The Kier molecular flexibility index (Phi) is 1.78. The van der Waals surface area contributed by atoms with Crippen LogP contribution in [0.15, 0.2) is 36.4 Å². The zero-order valence-corrected chi connectivity index (χ0v) is 8.66. The average Bonchev–Trinajstić information content (AvgIpc) is 2.76. The smallest absolute Gasteiger partial charge is 0.127 e. The molecule has 0 aliphatic heterocycles. The minimum atomic E-state index is 0.980. The number of allylic oxidation sites excluding steroid dienone is 1. The van der Waals surface area contributed by atoms with Crippen LogP contribution in [0.2, 0.25) is 0 Å². The van der Waals surface area contributed by atoms with Gasteiger partial charge in [-0.15, -0.1) is 0 Å². The van der Waals surface area contributed by atoms with Crippen LogP contribution in [0, 0.1) is 0 Å². The zero-order valence-electron chi connectivity index (χ0n) is 8.66. The Morgan fingerprint density at radius 1 is 1.13 bits per heavy atom. The number of methoxy groups -OCH3 is 1. The molecule has 0 radical (unpaired) electrons. The van der Waals surface area contributed by atoms with E-state index in [1.54, 1.807) is 7.11 Å². The summed E-state index contributed by atoms with van der Waals surface area (Å²) in [6.45, 7) is 0. The van der Waals surface area contributed by atoms with Crippen LogP contribution in [0.3, 0.4) is 0 Å². The maximum Gasteiger partial charge on any atom is 0.127 e. The van der Waals surface area contributed by atoms with Gasteiger partial charge in [0.15, 0.2) is 0 Å². The van der Waals surface area contributed by atoms with Crippen LogP contribution in [0.25, 0.3) is 16.8 Å². The monoisotopic (exact) mass is 196 g/mol. The minimum Gasteiger partial charge on any atom is -0.496 e. The van der Waals surface area contributed by atoms with Crippen LogP contribution in [0.4, 0.5) is 0 Å². The molecule has 1 heteroatoms. The molecule has 74 valence electrons. The van der Waals surface area contributed by atoms with Crippen LogP contribution in [-0.2, 0) is 6.42 Å². The maximum atomic E-state index is 5.42. The highest BCUT2D eigenvalue weighted by Crippen LogP contribution is 2.34. The summed E-state index contributed by atoms with van der Waals surface area (Å²) in [6.07, 6.45) is 5.43. The Morgan fingerprint density at radius 2 is 1.93 bits per heavy atom. The van der Waals surface area contributed by atoms with Gasteiger partial charge in [-0.05, 0) is 29.0 Å². The zero-order chi connectivity index (χ0) is 10.3. The van der Waals surface area contributed by atoms with Gasteiger partial charge in [-0.25, -0.2) is 0 Å². The van der Waals surface area contributed by atoms with Gasteiger partial charge in [0.25, 0.3) is 0 Å². The number of hydrogen-bond acceptors (Lipinski definition) is 1. The fraction of sp³-hybridized carbons (Fsp3) is 0.143. The first-order chi connectivity index (χ1) is 7.40. The first-order valence-electron chi connectivity index (χ1n) is 5.15. The van der Waals surface area contributed by atoms with Crippen molar-refractivity contribution < 1.29 is 4.74 Å². The predicted octanol–water partition coefficient (Wildman–Crippen LogP) is 3.42. The molecule has 2 aromatic carbocycles. The molecule has 0 spiro atoms. The topological polar surface area (TPSA) is 9.23 Å². The van der Waals surface area contributed by atoms with Gasteiger partial charge in [-0.1, -0.05) is 36.4 Å². The van der Waals surface area contributed by atoms with E-state index in [0.29, 0.717) is 0 Å². The number of fused-ring (bicyclic) bond motifs is 3. The first-order valence-corrected chi connectivity index (χ1v) is 5.15. The second kappa shape index (κ2) is 3.13. The van der Waals surface area contributed by atoms with Crippen molar-refractivity contribution in [2.24, 2.45) is 0 Å². The van der Waals surface area contributed by atoms with Crippen LogP contribution < -0.4 is 4.74 Å². The third-order valence-corrected chi connectivity index (χ3v) is 2.98.